The van der Waals surface area contributed by atoms with Crippen LogP contribution in [0.3, 0.4) is 0 Å². The highest BCUT2D eigenvalue weighted by Gasteiger charge is 2.40. The third-order valence-corrected chi connectivity index (χ3v) is 5.31. The van der Waals surface area contributed by atoms with Crippen LogP contribution in [0.1, 0.15) is 28.3 Å². The van der Waals surface area contributed by atoms with Gasteiger partial charge < -0.3 is 10.1 Å². The Labute approximate surface area is 151 Å². The number of amides is 1. The van der Waals surface area contributed by atoms with E-state index in [9.17, 15) is 13.2 Å². The van der Waals surface area contributed by atoms with Gasteiger partial charge in [0.25, 0.3) is 5.91 Å². The van der Waals surface area contributed by atoms with Crippen molar-refractivity contribution in [3.8, 4) is 5.75 Å². The molecule has 0 saturated heterocycles. The Morgan fingerprint density at radius 1 is 1.24 bits per heavy atom. The van der Waals surface area contributed by atoms with Crippen molar-refractivity contribution >= 4 is 27.5 Å². The van der Waals surface area contributed by atoms with Crippen LogP contribution in [0.25, 0.3) is 0 Å². The van der Waals surface area contributed by atoms with Crippen LogP contribution in [0.15, 0.2) is 47.4 Å². The molecular formula is C17H17ClN2O4S. The van der Waals surface area contributed by atoms with E-state index in [-0.39, 0.29) is 22.8 Å². The van der Waals surface area contributed by atoms with Crippen molar-refractivity contribution in [1.29, 1.82) is 0 Å². The molecule has 0 aromatic heterocycles. The van der Waals surface area contributed by atoms with Crippen molar-refractivity contribution in [3.63, 3.8) is 0 Å². The minimum Gasteiger partial charge on any atom is -0.496 e. The molecule has 0 radical (unpaired) electrons. The molecule has 2 atom stereocenters. The highest BCUT2D eigenvalue weighted by atomic mass is 35.5. The minimum absolute atomic E-state index is 0.0171. The predicted molar refractivity (Wildman–Crippen MR) is 94.4 cm³/mol. The van der Waals surface area contributed by atoms with Crippen molar-refractivity contribution < 1.29 is 17.9 Å². The van der Waals surface area contributed by atoms with Gasteiger partial charge in [-0.25, -0.2) is 13.6 Å². The summed E-state index contributed by atoms with van der Waals surface area (Å²) in [6.07, 6.45) is 0.781. The number of methoxy groups -OCH3 is 1. The maximum Gasteiger partial charge on any atom is 0.255 e. The highest BCUT2D eigenvalue weighted by molar-refractivity contribution is 7.89. The van der Waals surface area contributed by atoms with Gasteiger partial charge in [-0.05, 0) is 42.3 Å². The first-order valence-corrected chi connectivity index (χ1v) is 9.49. The Morgan fingerprint density at radius 2 is 1.92 bits per heavy atom. The zero-order chi connectivity index (χ0) is 18.2. The SMILES string of the molecule is COc1ccc(Cl)cc1C(=O)N[C@@H]1C[C@H]1c1ccc(S(N)(=O)=O)cc1. The van der Waals surface area contributed by atoms with Crippen molar-refractivity contribution in [2.24, 2.45) is 5.14 Å². The van der Waals surface area contributed by atoms with E-state index in [0.717, 1.165) is 12.0 Å². The second-order valence-corrected chi connectivity index (χ2v) is 7.88. The summed E-state index contributed by atoms with van der Waals surface area (Å²) in [6.45, 7) is 0. The number of nitrogens with one attached hydrogen (secondary N) is 1. The molecule has 0 aliphatic heterocycles. The number of primary sulfonamides is 1. The second-order valence-electron chi connectivity index (χ2n) is 5.88. The summed E-state index contributed by atoms with van der Waals surface area (Å²) in [5, 5.41) is 8.49. The van der Waals surface area contributed by atoms with Crippen LogP contribution < -0.4 is 15.2 Å². The lowest BCUT2D eigenvalue weighted by Gasteiger charge is -2.10. The molecule has 1 fully saturated rings. The minimum atomic E-state index is -3.70. The summed E-state index contributed by atoms with van der Waals surface area (Å²) in [5.74, 6) is 0.341. The Bertz CT molecular complexity index is 913. The molecule has 1 aliphatic carbocycles. The Kier molecular flexibility index (Phi) is 4.73. The average molecular weight is 381 g/mol. The molecule has 2 aromatic carbocycles. The molecule has 0 heterocycles. The molecule has 0 bridgehead atoms. The number of carbonyl (C=O) groups is 1. The summed E-state index contributed by atoms with van der Waals surface area (Å²) < 4.78 is 27.8. The summed E-state index contributed by atoms with van der Waals surface area (Å²) in [7, 11) is -2.21. The molecule has 132 valence electrons. The fraction of sp³-hybridized carbons (Fsp3) is 0.235. The third-order valence-electron chi connectivity index (χ3n) is 4.15. The number of ether oxygens (including phenoxy) is 1. The van der Waals surface area contributed by atoms with E-state index >= 15 is 0 Å². The molecular weight excluding hydrogens is 364 g/mol. The number of rotatable bonds is 5. The molecule has 1 aliphatic rings. The molecule has 3 N–H and O–H groups in total. The van der Waals surface area contributed by atoms with Crippen LogP contribution in [0.4, 0.5) is 0 Å². The van der Waals surface area contributed by atoms with Gasteiger partial charge in [0, 0.05) is 17.0 Å². The van der Waals surface area contributed by atoms with Crippen LogP contribution in [-0.2, 0) is 10.0 Å². The molecule has 0 unspecified atom stereocenters. The first-order valence-electron chi connectivity index (χ1n) is 7.57. The molecule has 1 amide bonds. The lowest BCUT2D eigenvalue weighted by Crippen LogP contribution is -2.27. The summed E-state index contributed by atoms with van der Waals surface area (Å²) in [5.41, 5.74) is 1.33. The van der Waals surface area contributed by atoms with Gasteiger partial charge in [0.2, 0.25) is 10.0 Å². The van der Waals surface area contributed by atoms with Gasteiger partial charge >= 0.3 is 0 Å². The van der Waals surface area contributed by atoms with Crippen molar-refractivity contribution in [1.82, 2.24) is 5.32 Å². The van der Waals surface area contributed by atoms with E-state index in [1.165, 1.54) is 19.2 Å². The smallest absolute Gasteiger partial charge is 0.255 e. The quantitative estimate of drug-likeness (QED) is 0.831. The van der Waals surface area contributed by atoms with Crippen molar-refractivity contribution in [2.75, 3.05) is 7.11 Å². The van der Waals surface area contributed by atoms with E-state index in [1.807, 2.05) is 0 Å². The van der Waals surface area contributed by atoms with Gasteiger partial charge in [-0.2, -0.15) is 0 Å². The molecule has 2 aromatic rings. The van der Waals surface area contributed by atoms with Gasteiger partial charge in [0.05, 0.1) is 17.6 Å². The maximum absolute atomic E-state index is 12.4. The van der Waals surface area contributed by atoms with E-state index in [2.05, 4.69) is 5.32 Å². The van der Waals surface area contributed by atoms with Gasteiger partial charge in [-0.1, -0.05) is 23.7 Å². The zero-order valence-electron chi connectivity index (χ0n) is 13.4. The van der Waals surface area contributed by atoms with E-state index in [4.69, 9.17) is 21.5 Å². The number of carbonyl (C=O) groups excluding carboxylic acids is 1. The highest BCUT2D eigenvalue weighted by Crippen LogP contribution is 2.41. The molecule has 0 spiro atoms. The van der Waals surface area contributed by atoms with E-state index < -0.39 is 10.0 Å². The third kappa shape index (κ3) is 3.95. The Balaban J connectivity index is 1.69. The van der Waals surface area contributed by atoms with Gasteiger partial charge in [-0.3, -0.25) is 4.79 Å². The first kappa shape index (κ1) is 17.7. The van der Waals surface area contributed by atoms with Crippen molar-refractivity contribution in [2.45, 2.75) is 23.3 Å². The average Bonchev–Trinajstić information content (AvgIpc) is 3.33. The molecule has 1 saturated carbocycles. The van der Waals surface area contributed by atoms with E-state index in [1.54, 1.807) is 30.3 Å². The zero-order valence-corrected chi connectivity index (χ0v) is 15.0. The summed E-state index contributed by atoms with van der Waals surface area (Å²) >= 11 is 5.95. The topological polar surface area (TPSA) is 98.5 Å². The molecule has 3 rings (SSSR count). The van der Waals surface area contributed by atoms with Crippen LogP contribution in [0.2, 0.25) is 5.02 Å². The number of hydrogen-bond acceptors (Lipinski definition) is 4. The van der Waals surface area contributed by atoms with E-state index in [0.29, 0.717) is 16.3 Å². The lowest BCUT2D eigenvalue weighted by molar-refractivity contribution is 0.0947. The standard InChI is InChI=1S/C17H17ClN2O4S/c1-24-16-7-4-11(18)8-14(16)17(21)20-15-9-13(15)10-2-5-12(6-3-10)25(19,22)23/h2-8,13,15H,9H2,1H3,(H,20,21)(H2,19,22,23)/t13-,15+/m0/s1. The number of sulfonamides is 1. The largest absolute Gasteiger partial charge is 0.496 e. The number of nitrogens with two attached hydrogens (primary N) is 1. The first-order chi connectivity index (χ1) is 11.8. The summed E-state index contributed by atoms with van der Waals surface area (Å²) in [6, 6.07) is 11.2. The fourth-order valence-corrected chi connectivity index (χ4v) is 3.42. The summed E-state index contributed by atoms with van der Waals surface area (Å²) in [4.78, 5) is 12.5. The van der Waals surface area contributed by atoms with Crippen LogP contribution in [0.5, 0.6) is 5.75 Å². The molecule has 25 heavy (non-hydrogen) atoms. The molecule has 6 nitrogen and oxygen atoms in total. The Hall–Kier alpha value is -2.09. The van der Waals surface area contributed by atoms with Crippen molar-refractivity contribution in [3.05, 3.63) is 58.6 Å². The normalized spacial score (nSPS) is 19.3. The number of halogens is 1. The maximum atomic E-state index is 12.4. The monoisotopic (exact) mass is 380 g/mol. The van der Waals surface area contributed by atoms with Gasteiger partial charge in [0.15, 0.2) is 0 Å². The van der Waals surface area contributed by atoms with Gasteiger partial charge in [-0.15, -0.1) is 0 Å². The number of hydrogen-bond donors (Lipinski definition) is 2. The second kappa shape index (κ2) is 6.67. The Morgan fingerprint density at radius 3 is 2.52 bits per heavy atom. The van der Waals surface area contributed by atoms with Crippen LogP contribution in [-0.4, -0.2) is 27.5 Å². The fourth-order valence-electron chi connectivity index (χ4n) is 2.73. The number of benzene rings is 2. The van der Waals surface area contributed by atoms with Crippen LogP contribution in [0, 0.1) is 0 Å². The lowest BCUT2D eigenvalue weighted by atomic mass is 10.1. The van der Waals surface area contributed by atoms with Crippen LogP contribution >= 0.6 is 11.6 Å². The van der Waals surface area contributed by atoms with Gasteiger partial charge in [0.1, 0.15) is 5.75 Å². The predicted octanol–water partition coefficient (Wildman–Crippen LogP) is 2.28. The molecule has 8 heteroatoms.